The number of aryl methyl sites for hydroxylation is 1. The molecule has 0 fully saturated rings. The lowest BCUT2D eigenvalue weighted by molar-refractivity contribution is -0.385. The fourth-order valence-electron chi connectivity index (χ4n) is 1.36. The molecule has 16 heavy (non-hydrogen) atoms. The van der Waals surface area contributed by atoms with Crippen LogP contribution in [0.4, 0.5) is 5.69 Å². The number of aliphatic carboxylic acids is 1. The predicted molar refractivity (Wildman–Crippen MR) is 61.4 cm³/mol. The third-order valence-electron chi connectivity index (χ3n) is 2.07. The Bertz CT molecular complexity index is 419. The largest absolute Gasteiger partial charge is 0.481 e. The average molecular weight is 288 g/mol. The van der Waals surface area contributed by atoms with Gasteiger partial charge in [0.25, 0.3) is 5.69 Å². The molecule has 6 heteroatoms. The van der Waals surface area contributed by atoms with Crippen LogP contribution in [0.5, 0.6) is 0 Å². The van der Waals surface area contributed by atoms with E-state index < -0.39 is 10.9 Å². The zero-order valence-electron chi connectivity index (χ0n) is 8.35. The topological polar surface area (TPSA) is 80.4 Å². The van der Waals surface area contributed by atoms with E-state index in [1.165, 1.54) is 6.07 Å². The van der Waals surface area contributed by atoms with Gasteiger partial charge in [0, 0.05) is 22.5 Å². The summed E-state index contributed by atoms with van der Waals surface area (Å²) in [4.78, 5) is 20.6. The van der Waals surface area contributed by atoms with E-state index >= 15 is 0 Å². The summed E-state index contributed by atoms with van der Waals surface area (Å²) in [6.07, 6.45) is 0.804. The molecule has 1 aromatic carbocycles. The number of hydrogen-bond donors (Lipinski definition) is 1. The Balaban J connectivity index is 2.80. The molecule has 0 bridgehead atoms. The van der Waals surface area contributed by atoms with Crippen LogP contribution in [0.1, 0.15) is 18.4 Å². The summed E-state index contributed by atoms with van der Waals surface area (Å²) in [6, 6.07) is 4.67. The molecular formula is C10H10BrNO4. The standard InChI is InChI=1S/C10H10BrNO4/c11-8-4-5-9(12(15)16)7(6-8)2-1-3-10(13)14/h4-6H,1-3H2,(H,13,14). The summed E-state index contributed by atoms with van der Waals surface area (Å²) < 4.78 is 0.753. The van der Waals surface area contributed by atoms with Crippen molar-refractivity contribution in [2.24, 2.45) is 0 Å². The SMILES string of the molecule is O=C(O)CCCc1cc(Br)ccc1[N+](=O)[O-]. The van der Waals surface area contributed by atoms with Crippen molar-refractivity contribution >= 4 is 27.6 Å². The van der Waals surface area contributed by atoms with Crippen LogP contribution in [0.3, 0.4) is 0 Å². The molecule has 0 saturated heterocycles. The van der Waals surface area contributed by atoms with E-state index in [1.54, 1.807) is 12.1 Å². The number of nitro groups is 1. The highest BCUT2D eigenvalue weighted by Gasteiger charge is 2.13. The first-order valence-electron chi connectivity index (χ1n) is 4.65. The van der Waals surface area contributed by atoms with Crippen molar-refractivity contribution in [3.05, 3.63) is 38.3 Å². The van der Waals surface area contributed by atoms with Crippen LogP contribution in [-0.4, -0.2) is 16.0 Å². The Kier molecular flexibility index (Phi) is 4.42. The van der Waals surface area contributed by atoms with E-state index in [4.69, 9.17) is 5.11 Å². The summed E-state index contributed by atoms with van der Waals surface area (Å²) in [6.45, 7) is 0. The molecule has 1 N–H and O–H groups in total. The molecule has 86 valence electrons. The first-order valence-corrected chi connectivity index (χ1v) is 5.44. The van der Waals surface area contributed by atoms with Crippen LogP contribution in [-0.2, 0) is 11.2 Å². The van der Waals surface area contributed by atoms with E-state index in [0.717, 1.165) is 4.47 Å². The van der Waals surface area contributed by atoms with Crippen molar-refractivity contribution in [1.29, 1.82) is 0 Å². The van der Waals surface area contributed by atoms with Crippen molar-refractivity contribution in [1.82, 2.24) is 0 Å². The van der Waals surface area contributed by atoms with Crippen molar-refractivity contribution in [2.75, 3.05) is 0 Å². The van der Waals surface area contributed by atoms with Crippen molar-refractivity contribution in [3.63, 3.8) is 0 Å². The third-order valence-corrected chi connectivity index (χ3v) is 2.57. The van der Waals surface area contributed by atoms with Crippen molar-refractivity contribution in [3.8, 4) is 0 Å². The van der Waals surface area contributed by atoms with E-state index in [2.05, 4.69) is 15.9 Å². The molecule has 0 atom stereocenters. The van der Waals surface area contributed by atoms with Crippen LogP contribution in [0, 0.1) is 10.1 Å². The molecular weight excluding hydrogens is 278 g/mol. The smallest absolute Gasteiger partial charge is 0.303 e. The van der Waals surface area contributed by atoms with Crippen LogP contribution >= 0.6 is 15.9 Å². The number of carboxylic acids is 1. The third kappa shape index (κ3) is 3.62. The van der Waals surface area contributed by atoms with Crippen LogP contribution < -0.4 is 0 Å². The molecule has 0 spiro atoms. The van der Waals surface area contributed by atoms with E-state index in [0.29, 0.717) is 18.4 Å². The zero-order valence-corrected chi connectivity index (χ0v) is 9.94. The number of nitro benzene ring substituents is 1. The Morgan fingerprint density at radius 2 is 2.19 bits per heavy atom. The molecule has 0 amide bonds. The second kappa shape index (κ2) is 5.60. The van der Waals surface area contributed by atoms with Crippen molar-refractivity contribution in [2.45, 2.75) is 19.3 Å². The zero-order chi connectivity index (χ0) is 12.1. The van der Waals surface area contributed by atoms with Gasteiger partial charge >= 0.3 is 5.97 Å². The fraction of sp³-hybridized carbons (Fsp3) is 0.300. The van der Waals surface area contributed by atoms with Crippen LogP contribution in [0.2, 0.25) is 0 Å². The molecule has 0 aromatic heterocycles. The maximum absolute atomic E-state index is 10.7. The quantitative estimate of drug-likeness (QED) is 0.667. The maximum atomic E-state index is 10.7. The Hall–Kier alpha value is -1.43. The number of halogens is 1. The number of nitrogens with zero attached hydrogens (tertiary/aromatic N) is 1. The molecule has 5 nitrogen and oxygen atoms in total. The summed E-state index contributed by atoms with van der Waals surface area (Å²) in [7, 11) is 0. The summed E-state index contributed by atoms with van der Waals surface area (Å²) >= 11 is 3.23. The number of carboxylic acid groups (broad SMARTS) is 1. The van der Waals surface area contributed by atoms with Crippen LogP contribution in [0.25, 0.3) is 0 Å². The highest BCUT2D eigenvalue weighted by Crippen LogP contribution is 2.24. The van der Waals surface area contributed by atoms with Gasteiger partial charge in [-0.25, -0.2) is 0 Å². The maximum Gasteiger partial charge on any atom is 0.303 e. The normalized spacial score (nSPS) is 10.1. The first kappa shape index (κ1) is 12.6. The minimum atomic E-state index is -0.891. The van der Waals surface area contributed by atoms with Gasteiger partial charge in [0.2, 0.25) is 0 Å². The molecule has 0 aliphatic rings. The van der Waals surface area contributed by atoms with Gasteiger partial charge in [0.1, 0.15) is 0 Å². The van der Waals surface area contributed by atoms with E-state index in [9.17, 15) is 14.9 Å². The number of carbonyl (C=O) groups is 1. The molecule has 1 aromatic rings. The lowest BCUT2D eigenvalue weighted by atomic mass is 10.1. The monoisotopic (exact) mass is 287 g/mol. The minimum Gasteiger partial charge on any atom is -0.481 e. The number of hydrogen-bond acceptors (Lipinski definition) is 3. The lowest BCUT2D eigenvalue weighted by Gasteiger charge is -2.02. The summed E-state index contributed by atoms with van der Waals surface area (Å²) in [5.74, 6) is -0.891. The Labute approximate surface area is 100 Å². The molecule has 0 aliphatic carbocycles. The molecule has 0 radical (unpaired) electrons. The number of benzene rings is 1. The van der Waals surface area contributed by atoms with Gasteiger partial charge in [-0.2, -0.15) is 0 Å². The Morgan fingerprint density at radius 3 is 2.75 bits per heavy atom. The molecule has 1 rings (SSSR count). The highest BCUT2D eigenvalue weighted by molar-refractivity contribution is 9.10. The van der Waals surface area contributed by atoms with Gasteiger partial charge in [-0.3, -0.25) is 14.9 Å². The van der Waals surface area contributed by atoms with Gasteiger partial charge < -0.3 is 5.11 Å². The van der Waals surface area contributed by atoms with Crippen molar-refractivity contribution < 1.29 is 14.8 Å². The second-order valence-electron chi connectivity index (χ2n) is 3.28. The first-order chi connectivity index (χ1) is 7.50. The molecule has 0 saturated carbocycles. The van der Waals surface area contributed by atoms with Gasteiger partial charge in [0.05, 0.1) is 4.92 Å². The minimum absolute atomic E-state index is 0.0175. The number of rotatable bonds is 5. The second-order valence-corrected chi connectivity index (χ2v) is 4.19. The van der Waals surface area contributed by atoms with Gasteiger partial charge in [-0.1, -0.05) is 15.9 Å². The average Bonchev–Trinajstić information content (AvgIpc) is 2.16. The molecule has 0 unspecified atom stereocenters. The Morgan fingerprint density at radius 1 is 1.50 bits per heavy atom. The van der Waals surface area contributed by atoms with Gasteiger partial charge in [0.15, 0.2) is 0 Å². The van der Waals surface area contributed by atoms with Gasteiger partial charge in [-0.15, -0.1) is 0 Å². The molecule has 0 heterocycles. The predicted octanol–water partition coefficient (Wildman–Crippen LogP) is 2.76. The lowest BCUT2D eigenvalue weighted by Crippen LogP contribution is -1.99. The highest BCUT2D eigenvalue weighted by atomic mass is 79.9. The molecule has 0 aliphatic heterocycles. The van der Waals surface area contributed by atoms with Gasteiger partial charge in [-0.05, 0) is 25.0 Å². The summed E-state index contributed by atoms with van der Waals surface area (Å²) in [5.41, 5.74) is 0.592. The van der Waals surface area contributed by atoms with E-state index in [-0.39, 0.29) is 12.1 Å². The summed E-state index contributed by atoms with van der Waals surface area (Å²) in [5, 5.41) is 19.2. The van der Waals surface area contributed by atoms with Crippen LogP contribution in [0.15, 0.2) is 22.7 Å². The fourth-order valence-corrected chi connectivity index (χ4v) is 1.77. The van der Waals surface area contributed by atoms with E-state index in [1.807, 2.05) is 0 Å².